The van der Waals surface area contributed by atoms with Gasteiger partial charge in [0.15, 0.2) is 0 Å². The summed E-state index contributed by atoms with van der Waals surface area (Å²) >= 11 is 0. The molecule has 0 aliphatic carbocycles. The first-order chi connectivity index (χ1) is 8.94. The second-order valence-corrected chi connectivity index (χ2v) is 6.01. The van der Waals surface area contributed by atoms with Gasteiger partial charge in [-0.1, -0.05) is 45.0 Å². The van der Waals surface area contributed by atoms with Gasteiger partial charge in [-0.25, -0.2) is 0 Å². The van der Waals surface area contributed by atoms with Crippen LogP contribution in [0.25, 0.3) is 10.9 Å². The van der Waals surface area contributed by atoms with Gasteiger partial charge in [-0.05, 0) is 17.5 Å². The van der Waals surface area contributed by atoms with Gasteiger partial charge in [-0.3, -0.25) is 9.78 Å². The highest BCUT2D eigenvalue weighted by atomic mass is 16.1. The molecule has 2 aromatic rings. The fraction of sp³-hybridized carbons (Fsp3) is 0.375. The molecule has 3 heteroatoms. The molecule has 0 spiro atoms. The van der Waals surface area contributed by atoms with E-state index in [0.717, 1.165) is 16.6 Å². The predicted molar refractivity (Wildman–Crippen MR) is 77.9 cm³/mol. The standard InChI is InChI=1S/C16H20N2O/c1-16(2,3)11-17-15(19)10-13-9-8-12-6-4-5-7-14(12)18-13/h4-9H,10-11H2,1-3H3,(H,17,19). The Balaban J connectivity index is 2.03. The van der Waals surface area contributed by atoms with Crippen LogP contribution in [0.5, 0.6) is 0 Å². The van der Waals surface area contributed by atoms with E-state index in [2.05, 4.69) is 31.1 Å². The molecule has 0 saturated carbocycles. The van der Waals surface area contributed by atoms with Crippen LogP contribution in [0.3, 0.4) is 0 Å². The Morgan fingerprint density at radius 3 is 2.63 bits per heavy atom. The zero-order chi connectivity index (χ0) is 13.9. The fourth-order valence-corrected chi connectivity index (χ4v) is 1.80. The summed E-state index contributed by atoms with van der Waals surface area (Å²) < 4.78 is 0. The lowest BCUT2D eigenvalue weighted by molar-refractivity contribution is -0.120. The Labute approximate surface area is 114 Å². The van der Waals surface area contributed by atoms with Crippen LogP contribution in [0, 0.1) is 5.41 Å². The Kier molecular flexibility index (Phi) is 3.84. The number of benzene rings is 1. The minimum atomic E-state index is 0.0257. The van der Waals surface area contributed by atoms with E-state index in [1.165, 1.54) is 0 Å². The molecule has 2 rings (SSSR count). The molecule has 0 aliphatic heterocycles. The number of fused-ring (bicyclic) bond motifs is 1. The molecule has 0 atom stereocenters. The van der Waals surface area contributed by atoms with E-state index in [1.54, 1.807) is 0 Å². The van der Waals surface area contributed by atoms with Crippen molar-refractivity contribution in [2.45, 2.75) is 27.2 Å². The molecule has 19 heavy (non-hydrogen) atoms. The molecule has 0 aliphatic rings. The summed E-state index contributed by atoms with van der Waals surface area (Å²) in [6.07, 6.45) is 0.334. The molecule has 0 saturated heterocycles. The van der Waals surface area contributed by atoms with Crippen molar-refractivity contribution >= 4 is 16.8 Å². The van der Waals surface area contributed by atoms with Crippen LogP contribution in [0.4, 0.5) is 0 Å². The van der Waals surface area contributed by atoms with Gasteiger partial charge in [-0.15, -0.1) is 0 Å². The molecule has 1 aromatic heterocycles. The van der Waals surface area contributed by atoms with Gasteiger partial charge in [0, 0.05) is 11.9 Å². The van der Waals surface area contributed by atoms with Crippen molar-refractivity contribution in [2.75, 3.05) is 6.54 Å². The minimum absolute atomic E-state index is 0.0257. The normalized spacial score (nSPS) is 11.5. The minimum Gasteiger partial charge on any atom is -0.355 e. The summed E-state index contributed by atoms with van der Waals surface area (Å²) in [5.41, 5.74) is 1.85. The zero-order valence-corrected chi connectivity index (χ0v) is 11.7. The second kappa shape index (κ2) is 5.39. The molecule has 0 unspecified atom stereocenters. The number of carbonyl (C=O) groups excluding carboxylic acids is 1. The van der Waals surface area contributed by atoms with Crippen LogP contribution in [-0.4, -0.2) is 17.4 Å². The van der Waals surface area contributed by atoms with E-state index in [1.807, 2.05) is 36.4 Å². The van der Waals surface area contributed by atoms with Gasteiger partial charge in [0.1, 0.15) is 0 Å². The number of amides is 1. The third-order valence-corrected chi connectivity index (χ3v) is 2.81. The Bertz CT molecular complexity index is 585. The number of rotatable bonds is 3. The molecule has 0 bridgehead atoms. The number of pyridine rings is 1. The summed E-state index contributed by atoms with van der Waals surface area (Å²) in [4.78, 5) is 16.3. The van der Waals surface area contributed by atoms with E-state index >= 15 is 0 Å². The molecule has 1 heterocycles. The maximum Gasteiger partial charge on any atom is 0.226 e. The monoisotopic (exact) mass is 256 g/mol. The highest BCUT2D eigenvalue weighted by Gasteiger charge is 2.12. The Morgan fingerprint density at radius 2 is 1.89 bits per heavy atom. The van der Waals surface area contributed by atoms with Crippen molar-refractivity contribution in [3.63, 3.8) is 0 Å². The molecule has 0 fully saturated rings. The average molecular weight is 256 g/mol. The van der Waals surface area contributed by atoms with Crippen LogP contribution in [0.1, 0.15) is 26.5 Å². The smallest absolute Gasteiger partial charge is 0.226 e. The van der Waals surface area contributed by atoms with Crippen LogP contribution in [-0.2, 0) is 11.2 Å². The predicted octanol–water partition coefficient (Wildman–Crippen LogP) is 2.94. The lowest BCUT2D eigenvalue weighted by Gasteiger charge is -2.18. The summed E-state index contributed by atoms with van der Waals surface area (Å²) in [5.74, 6) is 0.0257. The van der Waals surface area contributed by atoms with Crippen molar-refractivity contribution < 1.29 is 4.79 Å². The maximum absolute atomic E-state index is 11.8. The largest absolute Gasteiger partial charge is 0.355 e. The van der Waals surface area contributed by atoms with Crippen molar-refractivity contribution in [3.8, 4) is 0 Å². The van der Waals surface area contributed by atoms with Gasteiger partial charge < -0.3 is 5.32 Å². The van der Waals surface area contributed by atoms with Crippen LogP contribution in [0.15, 0.2) is 36.4 Å². The van der Waals surface area contributed by atoms with Crippen molar-refractivity contribution in [1.82, 2.24) is 10.3 Å². The number of carbonyl (C=O) groups is 1. The number of aromatic nitrogens is 1. The number of nitrogens with one attached hydrogen (secondary N) is 1. The van der Waals surface area contributed by atoms with Gasteiger partial charge >= 0.3 is 0 Å². The average Bonchev–Trinajstić information content (AvgIpc) is 2.35. The first-order valence-corrected chi connectivity index (χ1v) is 6.55. The number of hydrogen-bond acceptors (Lipinski definition) is 2. The zero-order valence-electron chi connectivity index (χ0n) is 11.7. The lowest BCUT2D eigenvalue weighted by atomic mass is 9.97. The third kappa shape index (κ3) is 4.05. The molecule has 0 radical (unpaired) electrons. The van der Waals surface area contributed by atoms with Crippen molar-refractivity contribution in [3.05, 3.63) is 42.1 Å². The fourth-order valence-electron chi connectivity index (χ4n) is 1.80. The summed E-state index contributed by atoms with van der Waals surface area (Å²) in [5, 5.41) is 4.04. The number of hydrogen-bond donors (Lipinski definition) is 1. The lowest BCUT2D eigenvalue weighted by Crippen LogP contribution is -2.33. The van der Waals surface area contributed by atoms with Crippen molar-refractivity contribution in [1.29, 1.82) is 0 Å². The SMILES string of the molecule is CC(C)(C)CNC(=O)Cc1ccc2ccccc2n1. The molecule has 1 aromatic carbocycles. The van der Waals surface area contributed by atoms with E-state index < -0.39 is 0 Å². The van der Waals surface area contributed by atoms with E-state index in [9.17, 15) is 4.79 Å². The van der Waals surface area contributed by atoms with Gasteiger partial charge in [0.25, 0.3) is 0 Å². The van der Waals surface area contributed by atoms with E-state index in [0.29, 0.717) is 13.0 Å². The molecular formula is C16H20N2O. The first-order valence-electron chi connectivity index (χ1n) is 6.55. The van der Waals surface area contributed by atoms with Gasteiger partial charge in [0.2, 0.25) is 5.91 Å². The number of para-hydroxylation sites is 1. The molecule has 3 nitrogen and oxygen atoms in total. The maximum atomic E-state index is 11.8. The highest BCUT2D eigenvalue weighted by Crippen LogP contribution is 2.13. The molecule has 100 valence electrons. The summed E-state index contributed by atoms with van der Waals surface area (Å²) in [6.45, 7) is 6.98. The highest BCUT2D eigenvalue weighted by molar-refractivity contribution is 5.81. The topological polar surface area (TPSA) is 42.0 Å². The summed E-state index contributed by atoms with van der Waals surface area (Å²) in [6, 6.07) is 11.9. The van der Waals surface area contributed by atoms with Crippen LogP contribution in [0.2, 0.25) is 0 Å². The summed E-state index contributed by atoms with van der Waals surface area (Å²) in [7, 11) is 0. The molecule has 1 amide bonds. The third-order valence-electron chi connectivity index (χ3n) is 2.81. The Morgan fingerprint density at radius 1 is 1.16 bits per heavy atom. The molecule has 1 N–H and O–H groups in total. The molecular weight excluding hydrogens is 236 g/mol. The van der Waals surface area contributed by atoms with Crippen LogP contribution < -0.4 is 5.32 Å². The van der Waals surface area contributed by atoms with Crippen molar-refractivity contribution in [2.24, 2.45) is 5.41 Å². The van der Waals surface area contributed by atoms with E-state index in [-0.39, 0.29) is 11.3 Å². The number of nitrogens with zero attached hydrogens (tertiary/aromatic N) is 1. The van der Waals surface area contributed by atoms with Gasteiger partial charge in [0.05, 0.1) is 17.6 Å². The second-order valence-electron chi connectivity index (χ2n) is 6.01. The Hall–Kier alpha value is -1.90. The quantitative estimate of drug-likeness (QED) is 0.917. The van der Waals surface area contributed by atoms with E-state index in [4.69, 9.17) is 0 Å². The first kappa shape index (κ1) is 13.5. The van der Waals surface area contributed by atoms with Crippen LogP contribution >= 0.6 is 0 Å². The van der Waals surface area contributed by atoms with Gasteiger partial charge in [-0.2, -0.15) is 0 Å².